The van der Waals surface area contributed by atoms with Gasteiger partial charge in [-0.1, -0.05) is 48.0 Å². The summed E-state index contributed by atoms with van der Waals surface area (Å²) in [6, 6.07) is 23.6. The van der Waals surface area contributed by atoms with Gasteiger partial charge in [-0.15, -0.1) is 0 Å². The van der Waals surface area contributed by atoms with Crippen molar-refractivity contribution in [2.24, 2.45) is 0 Å². The van der Waals surface area contributed by atoms with Gasteiger partial charge in [0, 0.05) is 18.3 Å². The number of pyridine rings is 1. The molecule has 0 saturated carbocycles. The molecule has 5 rings (SSSR count). The first-order valence-electron chi connectivity index (χ1n) is 10.7. The van der Waals surface area contributed by atoms with Crippen LogP contribution in [0.2, 0.25) is 5.02 Å². The molecular weight excluding hydrogens is 470 g/mol. The van der Waals surface area contributed by atoms with Crippen LogP contribution in [-0.2, 0) is 6.54 Å². The monoisotopic (exact) mass is 489 g/mol. The third-order valence-corrected chi connectivity index (χ3v) is 6.47. The van der Waals surface area contributed by atoms with Gasteiger partial charge < -0.3 is 19.7 Å². The lowest BCUT2D eigenvalue weighted by Crippen LogP contribution is -2.29. The predicted molar refractivity (Wildman–Crippen MR) is 134 cm³/mol. The SMILES string of the molecule is O=C(O)c1ccc(Cl)c(-c2ccc([C@@H]3[C@@H](c4ccccn4)NC(=S)N3Cc3ccccc3)o2)c1. The van der Waals surface area contributed by atoms with E-state index in [2.05, 4.69) is 27.3 Å². The van der Waals surface area contributed by atoms with Gasteiger partial charge in [-0.2, -0.15) is 0 Å². The summed E-state index contributed by atoms with van der Waals surface area (Å²) in [4.78, 5) is 18.1. The summed E-state index contributed by atoms with van der Waals surface area (Å²) in [6.07, 6.45) is 1.75. The van der Waals surface area contributed by atoms with Crippen molar-refractivity contribution < 1.29 is 14.3 Å². The minimum atomic E-state index is -1.03. The van der Waals surface area contributed by atoms with Crippen LogP contribution in [0, 0.1) is 0 Å². The Bertz CT molecular complexity index is 1340. The van der Waals surface area contributed by atoms with Crippen molar-refractivity contribution in [2.45, 2.75) is 18.6 Å². The highest BCUT2D eigenvalue weighted by atomic mass is 35.5. The van der Waals surface area contributed by atoms with E-state index in [-0.39, 0.29) is 17.6 Å². The van der Waals surface area contributed by atoms with E-state index in [1.165, 1.54) is 12.1 Å². The number of carboxylic acid groups (broad SMARTS) is 1. The molecule has 0 spiro atoms. The van der Waals surface area contributed by atoms with Gasteiger partial charge in [-0.05, 0) is 60.2 Å². The van der Waals surface area contributed by atoms with Gasteiger partial charge in [0.25, 0.3) is 0 Å². The molecule has 0 bridgehead atoms. The maximum absolute atomic E-state index is 11.5. The Morgan fingerprint density at radius 1 is 1.09 bits per heavy atom. The molecule has 0 radical (unpaired) electrons. The molecule has 1 aliphatic heterocycles. The number of furan rings is 1. The second-order valence-electron chi connectivity index (χ2n) is 7.94. The zero-order valence-corrected chi connectivity index (χ0v) is 19.5. The Kier molecular flexibility index (Phi) is 6.04. The molecule has 1 saturated heterocycles. The zero-order valence-electron chi connectivity index (χ0n) is 17.9. The lowest BCUT2D eigenvalue weighted by molar-refractivity contribution is 0.0697. The highest BCUT2D eigenvalue weighted by molar-refractivity contribution is 7.80. The van der Waals surface area contributed by atoms with E-state index < -0.39 is 5.97 Å². The van der Waals surface area contributed by atoms with Gasteiger partial charge >= 0.3 is 5.97 Å². The van der Waals surface area contributed by atoms with Crippen molar-refractivity contribution >= 4 is 34.9 Å². The molecule has 2 aromatic heterocycles. The summed E-state index contributed by atoms with van der Waals surface area (Å²) in [7, 11) is 0. The fourth-order valence-electron chi connectivity index (χ4n) is 4.17. The molecule has 4 aromatic rings. The van der Waals surface area contributed by atoms with Crippen LogP contribution in [0.3, 0.4) is 0 Å². The molecule has 2 atom stereocenters. The number of aromatic nitrogens is 1. The summed E-state index contributed by atoms with van der Waals surface area (Å²) in [6.45, 7) is 0.589. The van der Waals surface area contributed by atoms with Gasteiger partial charge in [-0.25, -0.2) is 4.79 Å². The Hall–Kier alpha value is -3.68. The van der Waals surface area contributed by atoms with E-state index in [4.69, 9.17) is 28.2 Å². The third kappa shape index (κ3) is 4.27. The maximum atomic E-state index is 11.5. The number of rotatable bonds is 6. The van der Waals surface area contributed by atoms with Gasteiger partial charge in [0.05, 0.1) is 22.3 Å². The molecule has 1 fully saturated rings. The molecule has 0 amide bonds. The van der Waals surface area contributed by atoms with Crippen molar-refractivity contribution in [3.05, 3.63) is 113 Å². The van der Waals surface area contributed by atoms with Gasteiger partial charge in [0.1, 0.15) is 17.6 Å². The van der Waals surface area contributed by atoms with Crippen LogP contribution < -0.4 is 5.32 Å². The largest absolute Gasteiger partial charge is 0.478 e. The van der Waals surface area contributed by atoms with E-state index in [0.717, 1.165) is 11.3 Å². The molecular formula is C26H20ClN3O3S. The maximum Gasteiger partial charge on any atom is 0.335 e. The minimum absolute atomic E-state index is 0.137. The number of hydrogen-bond acceptors (Lipinski definition) is 4. The fraction of sp³-hybridized carbons (Fsp3) is 0.115. The number of hydrogen-bond donors (Lipinski definition) is 2. The quantitative estimate of drug-likeness (QED) is 0.328. The summed E-state index contributed by atoms with van der Waals surface area (Å²) in [5, 5.41) is 13.8. The van der Waals surface area contributed by atoms with E-state index in [9.17, 15) is 9.90 Å². The van der Waals surface area contributed by atoms with Crippen molar-refractivity contribution in [2.75, 3.05) is 0 Å². The average molecular weight is 490 g/mol. The molecule has 2 aromatic carbocycles. The molecule has 1 aliphatic rings. The van der Waals surface area contributed by atoms with Crippen LogP contribution in [0.1, 0.15) is 39.5 Å². The second kappa shape index (κ2) is 9.29. The average Bonchev–Trinajstić information content (AvgIpc) is 3.45. The minimum Gasteiger partial charge on any atom is -0.478 e. The number of halogens is 1. The van der Waals surface area contributed by atoms with Gasteiger partial charge in [0.2, 0.25) is 0 Å². The highest BCUT2D eigenvalue weighted by Crippen LogP contribution is 2.42. The molecule has 0 unspecified atom stereocenters. The summed E-state index contributed by atoms with van der Waals surface area (Å²) >= 11 is 12.1. The number of aromatic carboxylic acids is 1. The van der Waals surface area contributed by atoms with Crippen LogP contribution >= 0.6 is 23.8 Å². The number of carboxylic acids is 1. The first-order valence-corrected chi connectivity index (χ1v) is 11.4. The Morgan fingerprint density at radius 2 is 1.88 bits per heavy atom. The summed E-state index contributed by atoms with van der Waals surface area (Å²) in [5.74, 6) is 0.130. The number of nitrogens with zero attached hydrogens (tertiary/aromatic N) is 2. The predicted octanol–water partition coefficient (Wildman–Crippen LogP) is 5.87. The van der Waals surface area contributed by atoms with Crippen molar-refractivity contribution in [3.63, 3.8) is 0 Å². The normalized spacial score (nSPS) is 17.6. The second-order valence-corrected chi connectivity index (χ2v) is 8.74. The lowest BCUT2D eigenvalue weighted by Gasteiger charge is -2.26. The number of carbonyl (C=O) groups is 1. The standard InChI is InChI=1S/C26H20ClN3O3S/c27-19-10-9-17(25(31)32)14-18(19)21-11-12-22(33-21)24-23(20-8-4-5-13-28-20)29-26(34)30(24)15-16-6-2-1-3-7-16/h1-14,23-24H,15H2,(H,29,34)(H,31,32)/t23-,24-/m1/s1. The molecule has 8 heteroatoms. The molecule has 2 N–H and O–H groups in total. The van der Waals surface area contributed by atoms with E-state index >= 15 is 0 Å². The van der Waals surface area contributed by atoms with Gasteiger partial charge in [-0.3, -0.25) is 4.98 Å². The first kappa shape index (κ1) is 22.1. The summed E-state index contributed by atoms with van der Waals surface area (Å²) < 4.78 is 6.29. The lowest BCUT2D eigenvalue weighted by atomic mass is 10.0. The van der Waals surface area contributed by atoms with Crippen LogP contribution in [0.25, 0.3) is 11.3 Å². The van der Waals surface area contributed by atoms with Crippen LogP contribution in [-0.4, -0.2) is 26.1 Å². The van der Waals surface area contributed by atoms with E-state index in [1.54, 1.807) is 18.3 Å². The van der Waals surface area contributed by atoms with Crippen LogP contribution in [0.5, 0.6) is 0 Å². The van der Waals surface area contributed by atoms with E-state index in [1.807, 2.05) is 42.5 Å². The molecule has 0 aliphatic carbocycles. The molecule has 6 nitrogen and oxygen atoms in total. The number of nitrogens with one attached hydrogen (secondary N) is 1. The Morgan fingerprint density at radius 3 is 2.62 bits per heavy atom. The molecule has 3 heterocycles. The van der Waals surface area contributed by atoms with Crippen LogP contribution in [0.15, 0.2) is 89.5 Å². The van der Waals surface area contributed by atoms with Gasteiger partial charge in [0.15, 0.2) is 5.11 Å². The van der Waals surface area contributed by atoms with Crippen molar-refractivity contribution in [1.29, 1.82) is 0 Å². The summed E-state index contributed by atoms with van der Waals surface area (Å²) in [5.41, 5.74) is 2.61. The van der Waals surface area contributed by atoms with Crippen LogP contribution in [0.4, 0.5) is 0 Å². The van der Waals surface area contributed by atoms with E-state index in [0.29, 0.717) is 33.8 Å². The number of thiocarbonyl (C=S) groups is 1. The highest BCUT2D eigenvalue weighted by Gasteiger charge is 2.41. The number of benzene rings is 2. The fourth-order valence-corrected chi connectivity index (χ4v) is 4.68. The third-order valence-electron chi connectivity index (χ3n) is 5.79. The Balaban J connectivity index is 1.56. The topological polar surface area (TPSA) is 78.6 Å². The van der Waals surface area contributed by atoms with Crippen molar-refractivity contribution in [1.82, 2.24) is 15.2 Å². The molecule has 34 heavy (non-hydrogen) atoms. The first-order chi connectivity index (χ1) is 16.5. The smallest absolute Gasteiger partial charge is 0.335 e. The van der Waals surface area contributed by atoms with Crippen molar-refractivity contribution in [3.8, 4) is 11.3 Å². The molecule has 170 valence electrons. The zero-order chi connectivity index (χ0) is 23.7. The Labute approximate surface area is 206 Å².